The molecule has 2 aromatic carbocycles. The predicted molar refractivity (Wildman–Crippen MR) is 104 cm³/mol. The predicted octanol–water partition coefficient (Wildman–Crippen LogP) is 3.48. The second-order valence-corrected chi connectivity index (χ2v) is 6.34. The Labute approximate surface area is 159 Å². The normalized spacial score (nSPS) is 11.5. The molecule has 0 spiro atoms. The highest BCUT2D eigenvalue weighted by Gasteiger charge is 2.25. The number of nitrogens with one attached hydrogen (secondary N) is 1. The lowest BCUT2D eigenvalue weighted by atomic mass is 10.1. The van der Waals surface area contributed by atoms with Crippen LogP contribution in [0.15, 0.2) is 67.3 Å². The molecule has 2 aromatic rings. The van der Waals surface area contributed by atoms with Crippen molar-refractivity contribution >= 4 is 11.8 Å². The van der Waals surface area contributed by atoms with E-state index in [4.69, 9.17) is 0 Å². The van der Waals surface area contributed by atoms with Crippen LogP contribution in [0.1, 0.15) is 24.5 Å². The summed E-state index contributed by atoms with van der Waals surface area (Å²) in [5.41, 5.74) is 1.84. The van der Waals surface area contributed by atoms with Crippen LogP contribution in [-0.4, -0.2) is 29.3 Å². The van der Waals surface area contributed by atoms with Gasteiger partial charge >= 0.3 is 0 Å². The van der Waals surface area contributed by atoms with E-state index in [-0.39, 0.29) is 24.2 Å². The number of hydrogen-bond donors (Lipinski definition) is 1. The van der Waals surface area contributed by atoms with Gasteiger partial charge in [-0.15, -0.1) is 6.58 Å². The Bertz CT molecular complexity index is 760. The van der Waals surface area contributed by atoms with E-state index in [1.807, 2.05) is 30.3 Å². The van der Waals surface area contributed by atoms with Crippen LogP contribution in [0.2, 0.25) is 0 Å². The van der Waals surface area contributed by atoms with Crippen molar-refractivity contribution < 1.29 is 14.0 Å². The molecule has 27 heavy (non-hydrogen) atoms. The molecular formula is C22H25FN2O2. The Morgan fingerprint density at radius 1 is 1.11 bits per heavy atom. The number of rotatable bonds is 9. The standard InChI is InChI=1S/C22H25FN2O2/c1-3-15-24-22(27)17(2)25(16-19-9-12-20(23)13-10-19)21(26)14-11-18-7-5-4-6-8-18/h3-10,12-13,17H,1,11,14-16H2,2H3,(H,24,27)/t17-/m1/s1. The lowest BCUT2D eigenvalue weighted by Crippen LogP contribution is -2.47. The van der Waals surface area contributed by atoms with Crippen LogP contribution in [0.4, 0.5) is 4.39 Å². The minimum atomic E-state index is -0.640. The summed E-state index contributed by atoms with van der Waals surface area (Å²) in [5, 5.41) is 2.73. The van der Waals surface area contributed by atoms with E-state index in [0.29, 0.717) is 19.4 Å². The number of hydrogen-bond acceptors (Lipinski definition) is 2. The number of aryl methyl sites for hydroxylation is 1. The Hall–Kier alpha value is -2.95. The smallest absolute Gasteiger partial charge is 0.242 e. The molecule has 0 aliphatic rings. The molecule has 0 aromatic heterocycles. The Balaban J connectivity index is 2.11. The zero-order valence-electron chi connectivity index (χ0n) is 15.5. The van der Waals surface area contributed by atoms with Gasteiger partial charge in [0.2, 0.25) is 11.8 Å². The molecule has 0 aliphatic heterocycles. The average Bonchev–Trinajstić information content (AvgIpc) is 2.70. The summed E-state index contributed by atoms with van der Waals surface area (Å²) in [6.07, 6.45) is 2.48. The third-order valence-electron chi connectivity index (χ3n) is 4.32. The van der Waals surface area contributed by atoms with Gasteiger partial charge in [-0.25, -0.2) is 4.39 Å². The first kappa shape index (κ1) is 20.4. The van der Waals surface area contributed by atoms with Crippen molar-refractivity contribution in [2.45, 2.75) is 32.4 Å². The fraction of sp³-hybridized carbons (Fsp3) is 0.273. The summed E-state index contributed by atoms with van der Waals surface area (Å²) in [6, 6.07) is 15.0. The van der Waals surface area contributed by atoms with Gasteiger partial charge in [0.15, 0.2) is 0 Å². The van der Waals surface area contributed by atoms with Gasteiger partial charge in [-0.3, -0.25) is 9.59 Å². The van der Waals surface area contributed by atoms with Gasteiger partial charge in [-0.1, -0.05) is 48.5 Å². The zero-order chi connectivity index (χ0) is 19.6. The summed E-state index contributed by atoms with van der Waals surface area (Å²) < 4.78 is 13.2. The van der Waals surface area contributed by atoms with E-state index in [1.54, 1.807) is 25.1 Å². The van der Waals surface area contributed by atoms with E-state index in [2.05, 4.69) is 11.9 Å². The lowest BCUT2D eigenvalue weighted by molar-refractivity contribution is -0.140. The number of benzene rings is 2. The number of carbonyl (C=O) groups is 2. The largest absolute Gasteiger partial charge is 0.351 e. The number of nitrogens with zero attached hydrogens (tertiary/aromatic N) is 1. The molecule has 0 fully saturated rings. The molecule has 0 unspecified atom stereocenters. The molecule has 142 valence electrons. The summed E-state index contributed by atoms with van der Waals surface area (Å²) in [4.78, 5) is 26.7. The second-order valence-electron chi connectivity index (χ2n) is 6.34. The van der Waals surface area contributed by atoms with Crippen LogP contribution in [-0.2, 0) is 22.6 Å². The quantitative estimate of drug-likeness (QED) is 0.689. The third-order valence-corrected chi connectivity index (χ3v) is 4.32. The monoisotopic (exact) mass is 368 g/mol. The first-order chi connectivity index (χ1) is 13.0. The van der Waals surface area contributed by atoms with Gasteiger partial charge in [0.05, 0.1) is 0 Å². The first-order valence-corrected chi connectivity index (χ1v) is 8.97. The Morgan fingerprint density at radius 3 is 2.41 bits per heavy atom. The van der Waals surface area contributed by atoms with Crippen molar-refractivity contribution in [3.8, 4) is 0 Å². The van der Waals surface area contributed by atoms with Crippen molar-refractivity contribution in [3.05, 3.63) is 84.2 Å². The molecule has 0 bridgehead atoms. The fourth-order valence-corrected chi connectivity index (χ4v) is 2.73. The first-order valence-electron chi connectivity index (χ1n) is 8.97. The van der Waals surface area contributed by atoms with Crippen LogP contribution < -0.4 is 5.32 Å². The summed E-state index contributed by atoms with van der Waals surface area (Å²) in [7, 11) is 0. The van der Waals surface area contributed by atoms with Crippen LogP contribution >= 0.6 is 0 Å². The van der Waals surface area contributed by atoms with E-state index in [1.165, 1.54) is 17.0 Å². The SMILES string of the molecule is C=CCNC(=O)[C@@H](C)N(Cc1ccc(F)cc1)C(=O)CCc1ccccc1. The molecule has 2 rings (SSSR count). The maximum absolute atomic E-state index is 13.2. The van der Waals surface area contributed by atoms with E-state index >= 15 is 0 Å². The molecule has 0 aliphatic carbocycles. The summed E-state index contributed by atoms with van der Waals surface area (Å²) in [5.74, 6) is -0.702. The molecule has 0 saturated heterocycles. The summed E-state index contributed by atoms with van der Waals surface area (Å²) >= 11 is 0. The van der Waals surface area contributed by atoms with Crippen LogP contribution in [0.5, 0.6) is 0 Å². The third kappa shape index (κ3) is 6.37. The molecule has 0 saturated carbocycles. The zero-order valence-corrected chi connectivity index (χ0v) is 15.5. The van der Waals surface area contributed by atoms with Crippen molar-refractivity contribution in [2.75, 3.05) is 6.54 Å². The van der Waals surface area contributed by atoms with Crippen LogP contribution in [0, 0.1) is 5.82 Å². The van der Waals surface area contributed by atoms with Crippen molar-refractivity contribution in [1.82, 2.24) is 10.2 Å². The average molecular weight is 368 g/mol. The molecular weight excluding hydrogens is 343 g/mol. The maximum Gasteiger partial charge on any atom is 0.242 e. The van der Waals surface area contributed by atoms with E-state index in [9.17, 15) is 14.0 Å². The van der Waals surface area contributed by atoms with Crippen molar-refractivity contribution in [3.63, 3.8) is 0 Å². The Morgan fingerprint density at radius 2 is 1.78 bits per heavy atom. The van der Waals surface area contributed by atoms with E-state index in [0.717, 1.165) is 11.1 Å². The molecule has 1 atom stereocenters. The van der Waals surface area contributed by atoms with Gasteiger partial charge in [-0.05, 0) is 36.6 Å². The second kappa shape index (κ2) is 10.3. The topological polar surface area (TPSA) is 49.4 Å². The molecule has 2 amide bonds. The number of halogens is 1. The van der Waals surface area contributed by atoms with Gasteiger partial charge in [0, 0.05) is 19.5 Å². The van der Waals surface area contributed by atoms with E-state index < -0.39 is 6.04 Å². The van der Waals surface area contributed by atoms with Gasteiger partial charge < -0.3 is 10.2 Å². The number of amides is 2. The van der Waals surface area contributed by atoms with Crippen molar-refractivity contribution in [2.24, 2.45) is 0 Å². The molecule has 0 radical (unpaired) electrons. The fourth-order valence-electron chi connectivity index (χ4n) is 2.73. The lowest BCUT2D eigenvalue weighted by Gasteiger charge is -2.29. The molecule has 0 heterocycles. The van der Waals surface area contributed by atoms with Gasteiger partial charge in [0.1, 0.15) is 11.9 Å². The van der Waals surface area contributed by atoms with Gasteiger partial charge in [0.25, 0.3) is 0 Å². The number of carbonyl (C=O) groups excluding carboxylic acids is 2. The highest BCUT2D eigenvalue weighted by Crippen LogP contribution is 2.13. The van der Waals surface area contributed by atoms with Crippen LogP contribution in [0.3, 0.4) is 0 Å². The highest BCUT2D eigenvalue weighted by molar-refractivity contribution is 5.87. The van der Waals surface area contributed by atoms with Gasteiger partial charge in [-0.2, -0.15) is 0 Å². The highest BCUT2D eigenvalue weighted by atomic mass is 19.1. The molecule has 4 nitrogen and oxygen atoms in total. The summed E-state index contributed by atoms with van der Waals surface area (Å²) in [6.45, 7) is 5.86. The maximum atomic E-state index is 13.2. The van der Waals surface area contributed by atoms with Crippen molar-refractivity contribution in [1.29, 1.82) is 0 Å². The van der Waals surface area contributed by atoms with Crippen LogP contribution in [0.25, 0.3) is 0 Å². The Kier molecular flexibility index (Phi) is 7.74. The molecule has 5 heteroatoms. The minimum Gasteiger partial charge on any atom is -0.351 e. The molecule has 1 N–H and O–H groups in total. The minimum absolute atomic E-state index is 0.121.